The summed E-state index contributed by atoms with van der Waals surface area (Å²) < 4.78 is 0. The van der Waals surface area contributed by atoms with Gasteiger partial charge in [-0.25, -0.2) is 0 Å². The van der Waals surface area contributed by atoms with E-state index in [0.717, 1.165) is 12.3 Å². The van der Waals surface area contributed by atoms with Crippen LogP contribution >= 0.6 is 0 Å². The number of nitrogens with one attached hydrogen (secondary N) is 1. The molecule has 2 N–H and O–H groups in total. The van der Waals surface area contributed by atoms with Crippen molar-refractivity contribution in [1.29, 1.82) is 0 Å². The van der Waals surface area contributed by atoms with E-state index in [1.54, 1.807) is 0 Å². The van der Waals surface area contributed by atoms with Gasteiger partial charge in [-0.15, -0.1) is 0 Å². The van der Waals surface area contributed by atoms with Gasteiger partial charge in [-0.05, 0) is 44.1 Å². The van der Waals surface area contributed by atoms with E-state index >= 15 is 0 Å². The smallest absolute Gasteiger partial charge is 0.0448 e. The lowest BCUT2D eigenvalue weighted by atomic mass is 9.64. The van der Waals surface area contributed by atoms with E-state index in [0.29, 0.717) is 18.4 Å². The van der Waals surface area contributed by atoms with E-state index in [-0.39, 0.29) is 5.54 Å². The van der Waals surface area contributed by atoms with Crippen molar-refractivity contribution in [3.05, 3.63) is 0 Å². The third-order valence-electron chi connectivity index (χ3n) is 4.25. The molecule has 15 heavy (non-hydrogen) atoms. The van der Waals surface area contributed by atoms with Crippen LogP contribution in [0.2, 0.25) is 0 Å². The summed E-state index contributed by atoms with van der Waals surface area (Å²) in [5, 5.41) is 12.8. The molecule has 0 spiro atoms. The molecule has 0 radical (unpaired) electrons. The second-order valence-corrected chi connectivity index (χ2v) is 5.62. The number of aliphatic hydroxyl groups is 1. The fourth-order valence-electron chi connectivity index (χ4n) is 3.49. The van der Waals surface area contributed by atoms with Crippen LogP contribution < -0.4 is 5.32 Å². The van der Waals surface area contributed by atoms with Gasteiger partial charge in [-0.2, -0.15) is 0 Å². The van der Waals surface area contributed by atoms with E-state index in [2.05, 4.69) is 33.1 Å². The van der Waals surface area contributed by atoms with Crippen LogP contribution in [0.1, 0.15) is 46.5 Å². The Morgan fingerprint density at radius 2 is 2.07 bits per heavy atom. The van der Waals surface area contributed by atoms with Crippen molar-refractivity contribution >= 4 is 0 Å². The fraction of sp³-hybridized carbons (Fsp3) is 1.00. The van der Waals surface area contributed by atoms with Crippen molar-refractivity contribution in [2.24, 2.45) is 17.8 Å². The van der Waals surface area contributed by atoms with Gasteiger partial charge in [-0.3, -0.25) is 0 Å². The van der Waals surface area contributed by atoms with Crippen LogP contribution in [0.5, 0.6) is 0 Å². The SMILES string of the molecule is CNC1(CCO)CC(C)CCC1C(C)C. The van der Waals surface area contributed by atoms with Crippen LogP contribution in [-0.4, -0.2) is 24.3 Å². The lowest BCUT2D eigenvalue weighted by Gasteiger charge is -2.48. The zero-order valence-corrected chi connectivity index (χ0v) is 10.7. The predicted octanol–water partition coefficient (Wildman–Crippen LogP) is 2.42. The monoisotopic (exact) mass is 213 g/mol. The van der Waals surface area contributed by atoms with Crippen LogP contribution in [0.15, 0.2) is 0 Å². The molecule has 1 rings (SSSR count). The van der Waals surface area contributed by atoms with Gasteiger partial charge in [0.25, 0.3) is 0 Å². The minimum absolute atomic E-state index is 0.181. The second-order valence-electron chi connectivity index (χ2n) is 5.62. The van der Waals surface area contributed by atoms with Crippen LogP contribution in [0.25, 0.3) is 0 Å². The summed E-state index contributed by atoms with van der Waals surface area (Å²) in [6.07, 6.45) is 4.76. The van der Waals surface area contributed by atoms with Crippen LogP contribution in [0.3, 0.4) is 0 Å². The number of aliphatic hydroxyl groups excluding tert-OH is 1. The maximum atomic E-state index is 9.26. The first-order valence-electron chi connectivity index (χ1n) is 6.35. The van der Waals surface area contributed by atoms with Gasteiger partial charge in [-0.1, -0.05) is 27.2 Å². The first kappa shape index (κ1) is 13.0. The van der Waals surface area contributed by atoms with Crippen molar-refractivity contribution in [3.8, 4) is 0 Å². The Labute approximate surface area is 94.5 Å². The maximum Gasteiger partial charge on any atom is 0.0448 e. The zero-order chi connectivity index (χ0) is 11.5. The summed E-state index contributed by atoms with van der Waals surface area (Å²) >= 11 is 0. The third-order valence-corrected chi connectivity index (χ3v) is 4.25. The Kier molecular flexibility index (Phi) is 4.60. The first-order chi connectivity index (χ1) is 7.05. The molecular weight excluding hydrogens is 186 g/mol. The first-order valence-corrected chi connectivity index (χ1v) is 6.35. The van der Waals surface area contributed by atoms with Gasteiger partial charge >= 0.3 is 0 Å². The Bertz CT molecular complexity index is 193. The third kappa shape index (κ3) is 2.73. The standard InChI is InChI=1S/C13H27NO/c1-10(2)12-6-5-11(3)9-13(12,14-4)7-8-15/h10-12,14-15H,5-9H2,1-4H3. The summed E-state index contributed by atoms with van der Waals surface area (Å²) in [7, 11) is 2.06. The van der Waals surface area contributed by atoms with Crippen molar-refractivity contribution in [2.75, 3.05) is 13.7 Å². The molecule has 1 fully saturated rings. The molecule has 0 heterocycles. The highest BCUT2D eigenvalue weighted by Crippen LogP contribution is 2.42. The van der Waals surface area contributed by atoms with E-state index in [9.17, 15) is 5.11 Å². The molecule has 3 atom stereocenters. The van der Waals surface area contributed by atoms with Gasteiger partial charge in [0.15, 0.2) is 0 Å². The summed E-state index contributed by atoms with van der Waals surface area (Å²) in [6.45, 7) is 7.25. The molecule has 0 aliphatic heterocycles. The lowest BCUT2D eigenvalue weighted by Crippen LogP contribution is -2.55. The molecule has 0 saturated heterocycles. The molecule has 0 bridgehead atoms. The molecule has 1 aliphatic rings. The van der Waals surface area contributed by atoms with Crippen LogP contribution in [-0.2, 0) is 0 Å². The number of hydrogen-bond donors (Lipinski definition) is 2. The highest BCUT2D eigenvalue weighted by Gasteiger charge is 2.42. The van der Waals surface area contributed by atoms with E-state index in [1.165, 1.54) is 19.3 Å². The van der Waals surface area contributed by atoms with E-state index in [1.807, 2.05) is 0 Å². The van der Waals surface area contributed by atoms with Gasteiger partial charge in [0, 0.05) is 12.1 Å². The fourth-order valence-corrected chi connectivity index (χ4v) is 3.49. The van der Waals surface area contributed by atoms with Gasteiger partial charge in [0.1, 0.15) is 0 Å². The minimum atomic E-state index is 0.181. The minimum Gasteiger partial charge on any atom is -0.396 e. The number of hydrogen-bond acceptors (Lipinski definition) is 2. The largest absolute Gasteiger partial charge is 0.396 e. The average molecular weight is 213 g/mol. The quantitative estimate of drug-likeness (QED) is 0.751. The Hall–Kier alpha value is -0.0800. The van der Waals surface area contributed by atoms with Crippen LogP contribution in [0, 0.1) is 17.8 Å². The number of rotatable bonds is 4. The Morgan fingerprint density at radius 3 is 2.53 bits per heavy atom. The lowest BCUT2D eigenvalue weighted by molar-refractivity contribution is 0.0575. The molecule has 90 valence electrons. The van der Waals surface area contributed by atoms with Crippen molar-refractivity contribution in [2.45, 2.75) is 52.0 Å². The molecule has 0 aromatic heterocycles. The zero-order valence-electron chi connectivity index (χ0n) is 10.7. The molecular formula is C13H27NO. The molecule has 1 aliphatic carbocycles. The summed E-state index contributed by atoms with van der Waals surface area (Å²) in [6, 6.07) is 0. The molecule has 1 saturated carbocycles. The van der Waals surface area contributed by atoms with Crippen molar-refractivity contribution in [1.82, 2.24) is 5.32 Å². The normalized spacial score (nSPS) is 37.2. The summed E-state index contributed by atoms with van der Waals surface area (Å²) in [5.74, 6) is 2.21. The Balaban J connectivity index is 2.82. The topological polar surface area (TPSA) is 32.3 Å². The highest BCUT2D eigenvalue weighted by atomic mass is 16.3. The Morgan fingerprint density at radius 1 is 1.40 bits per heavy atom. The molecule has 3 unspecified atom stereocenters. The average Bonchev–Trinajstić information content (AvgIpc) is 2.17. The second kappa shape index (κ2) is 5.31. The van der Waals surface area contributed by atoms with Crippen LogP contribution in [0.4, 0.5) is 0 Å². The maximum absolute atomic E-state index is 9.26. The molecule has 0 aromatic rings. The highest BCUT2D eigenvalue weighted by molar-refractivity contribution is 4.98. The summed E-state index contributed by atoms with van der Waals surface area (Å²) in [4.78, 5) is 0. The molecule has 2 nitrogen and oxygen atoms in total. The van der Waals surface area contributed by atoms with Crippen molar-refractivity contribution < 1.29 is 5.11 Å². The summed E-state index contributed by atoms with van der Waals surface area (Å²) in [5.41, 5.74) is 0.181. The van der Waals surface area contributed by atoms with E-state index < -0.39 is 0 Å². The van der Waals surface area contributed by atoms with E-state index in [4.69, 9.17) is 0 Å². The molecule has 0 amide bonds. The molecule has 0 aromatic carbocycles. The van der Waals surface area contributed by atoms with Gasteiger partial charge in [0.2, 0.25) is 0 Å². The van der Waals surface area contributed by atoms with Gasteiger partial charge in [0.05, 0.1) is 0 Å². The van der Waals surface area contributed by atoms with Crippen molar-refractivity contribution in [3.63, 3.8) is 0 Å². The molecule has 2 heteroatoms. The van der Waals surface area contributed by atoms with Gasteiger partial charge < -0.3 is 10.4 Å². The predicted molar refractivity (Wildman–Crippen MR) is 64.8 cm³/mol.